The molecule has 0 spiro atoms. The molecule has 2 N–H and O–H groups in total. The van der Waals surface area contributed by atoms with Crippen LogP contribution < -0.4 is 4.72 Å². The second kappa shape index (κ2) is 6.02. The molecule has 0 aromatic heterocycles. The van der Waals surface area contributed by atoms with Gasteiger partial charge in [0.1, 0.15) is 0 Å². The van der Waals surface area contributed by atoms with Gasteiger partial charge in [-0.25, -0.2) is 13.1 Å². The van der Waals surface area contributed by atoms with Gasteiger partial charge < -0.3 is 5.11 Å². The Bertz CT molecular complexity index is 379. The van der Waals surface area contributed by atoms with Gasteiger partial charge in [-0.1, -0.05) is 13.8 Å². The number of carboxylic acids is 1. The molecule has 0 amide bonds. The van der Waals surface area contributed by atoms with Crippen molar-refractivity contribution in [3.05, 3.63) is 0 Å². The van der Waals surface area contributed by atoms with E-state index < -0.39 is 16.0 Å². The molecule has 0 saturated heterocycles. The van der Waals surface area contributed by atoms with Gasteiger partial charge >= 0.3 is 5.97 Å². The van der Waals surface area contributed by atoms with Crippen molar-refractivity contribution < 1.29 is 18.3 Å². The Balaban J connectivity index is 2.35. The summed E-state index contributed by atoms with van der Waals surface area (Å²) in [6.45, 7) is 4.40. The van der Waals surface area contributed by atoms with Crippen LogP contribution in [-0.4, -0.2) is 31.3 Å². The van der Waals surface area contributed by atoms with E-state index in [1.165, 1.54) is 0 Å². The minimum absolute atomic E-state index is 0.0212. The highest BCUT2D eigenvalue weighted by atomic mass is 32.2. The predicted molar refractivity (Wildman–Crippen MR) is 69.8 cm³/mol. The second-order valence-electron chi connectivity index (χ2n) is 5.87. The van der Waals surface area contributed by atoms with E-state index in [2.05, 4.69) is 18.6 Å². The molecular formula is C12H23NO4S. The number of sulfonamides is 1. The molecule has 6 heteroatoms. The first-order valence-corrected chi connectivity index (χ1v) is 8.07. The molecule has 0 bridgehead atoms. The highest BCUT2D eigenvalue weighted by Crippen LogP contribution is 2.35. The molecule has 1 aliphatic carbocycles. The van der Waals surface area contributed by atoms with Gasteiger partial charge in [-0.15, -0.1) is 0 Å². The van der Waals surface area contributed by atoms with Crippen LogP contribution in [0.1, 0.15) is 52.4 Å². The van der Waals surface area contributed by atoms with Crippen molar-refractivity contribution in [2.45, 2.75) is 58.4 Å². The number of nitrogens with one attached hydrogen (secondary N) is 1. The molecule has 0 atom stereocenters. The van der Waals surface area contributed by atoms with Crippen molar-refractivity contribution in [1.29, 1.82) is 0 Å². The summed E-state index contributed by atoms with van der Waals surface area (Å²) < 4.78 is 26.2. The SMILES string of the molecule is CC1(C)CCC(NS(=O)(=O)CCCC(=O)O)CC1. The van der Waals surface area contributed by atoms with Gasteiger partial charge in [0.25, 0.3) is 0 Å². The summed E-state index contributed by atoms with van der Waals surface area (Å²) in [5.41, 5.74) is 0.311. The van der Waals surface area contributed by atoms with E-state index in [0.29, 0.717) is 5.41 Å². The second-order valence-corrected chi connectivity index (χ2v) is 7.75. The largest absolute Gasteiger partial charge is 0.481 e. The van der Waals surface area contributed by atoms with Crippen molar-refractivity contribution in [3.8, 4) is 0 Å². The Morgan fingerprint density at radius 3 is 2.39 bits per heavy atom. The van der Waals surface area contributed by atoms with Gasteiger partial charge in [-0.2, -0.15) is 0 Å². The van der Waals surface area contributed by atoms with Crippen LogP contribution in [0.5, 0.6) is 0 Å². The van der Waals surface area contributed by atoms with Crippen molar-refractivity contribution in [2.75, 3.05) is 5.75 Å². The lowest BCUT2D eigenvalue weighted by atomic mass is 9.76. The van der Waals surface area contributed by atoms with E-state index >= 15 is 0 Å². The quantitative estimate of drug-likeness (QED) is 0.774. The predicted octanol–water partition coefficient (Wildman–Crippen LogP) is 1.74. The third kappa shape index (κ3) is 5.82. The summed E-state index contributed by atoms with van der Waals surface area (Å²) in [4.78, 5) is 10.3. The van der Waals surface area contributed by atoms with E-state index in [1.54, 1.807) is 0 Å². The fraction of sp³-hybridized carbons (Fsp3) is 0.917. The fourth-order valence-corrected chi connectivity index (χ4v) is 3.63. The maximum Gasteiger partial charge on any atom is 0.303 e. The summed E-state index contributed by atoms with van der Waals surface area (Å²) in [6, 6.07) is 0.0212. The zero-order valence-electron chi connectivity index (χ0n) is 11.1. The van der Waals surface area contributed by atoms with Crippen LogP contribution in [0, 0.1) is 5.41 Å². The summed E-state index contributed by atoms with van der Waals surface area (Å²) in [5.74, 6) is -1.05. The average Bonchev–Trinajstić information content (AvgIpc) is 2.20. The van der Waals surface area contributed by atoms with Gasteiger partial charge in [-0.05, 0) is 37.5 Å². The first-order valence-electron chi connectivity index (χ1n) is 6.42. The monoisotopic (exact) mass is 277 g/mol. The number of hydrogen-bond donors (Lipinski definition) is 2. The highest BCUT2D eigenvalue weighted by Gasteiger charge is 2.28. The number of rotatable bonds is 6. The lowest BCUT2D eigenvalue weighted by molar-refractivity contribution is -0.137. The molecule has 0 aromatic carbocycles. The smallest absolute Gasteiger partial charge is 0.303 e. The van der Waals surface area contributed by atoms with Crippen LogP contribution in [0.15, 0.2) is 0 Å². The maximum atomic E-state index is 11.7. The fourth-order valence-electron chi connectivity index (χ4n) is 2.24. The van der Waals surface area contributed by atoms with Crippen LogP contribution >= 0.6 is 0 Å². The van der Waals surface area contributed by atoms with Crippen LogP contribution in [0.3, 0.4) is 0 Å². The van der Waals surface area contributed by atoms with E-state index in [0.717, 1.165) is 25.7 Å². The van der Waals surface area contributed by atoms with Crippen molar-refractivity contribution in [3.63, 3.8) is 0 Å². The normalized spacial score (nSPS) is 20.8. The van der Waals surface area contributed by atoms with Gasteiger partial charge in [-0.3, -0.25) is 4.79 Å². The van der Waals surface area contributed by atoms with Gasteiger partial charge in [0.15, 0.2) is 0 Å². The van der Waals surface area contributed by atoms with E-state index in [9.17, 15) is 13.2 Å². The average molecular weight is 277 g/mol. The summed E-state index contributed by atoms with van der Waals surface area (Å²) in [5, 5.41) is 8.47. The molecule has 5 nitrogen and oxygen atoms in total. The standard InChI is InChI=1S/C12H23NO4S/c1-12(2)7-5-10(6-8-12)13-18(16,17)9-3-4-11(14)15/h10,13H,3-9H2,1-2H3,(H,14,15). The number of carboxylic acid groups (broad SMARTS) is 1. The minimum Gasteiger partial charge on any atom is -0.481 e. The van der Waals surface area contributed by atoms with Gasteiger partial charge in [0, 0.05) is 12.5 Å². The lowest BCUT2D eigenvalue weighted by Crippen LogP contribution is -2.40. The molecule has 1 saturated carbocycles. The third-order valence-electron chi connectivity index (χ3n) is 3.49. The molecular weight excluding hydrogens is 254 g/mol. The summed E-state index contributed by atoms with van der Waals surface area (Å²) >= 11 is 0. The van der Waals surface area contributed by atoms with Gasteiger partial charge in [0.2, 0.25) is 10.0 Å². The third-order valence-corrected chi connectivity index (χ3v) is 5.01. The minimum atomic E-state index is -3.33. The molecule has 0 radical (unpaired) electrons. The Labute approximate surface area is 109 Å². The Morgan fingerprint density at radius 2 is 1.89 bits per heavy atom. The zero-order chi connectivity index (χ0) is 13.8. The molecule has 1 rings (SSSR count). The number of aliphatic carboxylic acids is 1. The topological polar surface area (TPSA) is 83.5 Å². The molecule has 0 unspecified atom stereocenters. The maximum absolute atomic E-state index is 11.7. The Hall–Kier alpha value is -0.620. The van der Waals surface area contributed by atoms with Crippen molar-refractivity contribution in [2.24, 2.45) is 5.41 Å². The Kier molecular flexibility index (Phi) is 5.16. The van der Waals surface area contributed by atoms with Gasteiger partial charge in [0.05, 0.1) is 5.75 Å². The van der Waals surface area contributed by atoms with Crippen molar-refractivity contribution >= 4 is 16.0 Å². The number of hydrogen-bond acceptors (Lipinski definition) is 3. The first-order chi connectivity index (χ1) is 8.20. The molecule has 1 aliphatic rings. The summed E-state index contributed by atoms with van der Waals surface area (Å²) in [6.07, 6.45) is 3.85. The van der Waals surface area contributed by atoms with Crippen LogP contribution in [0.25, 0.3) is 0 Å². The van der Waals surface area contributed by atoms with Crippen LogP contribution in [0.2, 0.25) is 0 Å². The molecule has 106 valence electrons. The van der Waals surface area contributed by atoms with E-state index in [1.807, 2.05) is 0 Å². The molecule has 0 aliphatic heterocycles. The molecule has 0 heterocycles. The van der Waals surface area contributed by atoms with E-state index in [-0.39, 0.29) is 24.6 Å². The molecule has 1 fully saturated rings. The highest BCUT2D eigenvalue weighted by molar-refractivity contribution is 7.89. The molecule has 0 aromatic rings. The van der Waals surface area contributed by atoms with Crippen LogP contribution in [-0.2, 0) is 14.8 Å². The van der Waals surface area contributed by atoms with E-state index in [4.69, 9.17) is 5.11 Å². The van der Waals surface area contributed by atoms with Crippen molar-refractivity contribution in [1.82, 2.24) is 4.72 Å². The van der Waals surface area contributed by atoms with Crippen LogP contribution in [0.4, 0.5) is 0 Å². The lowest BCUT2D eigenvalue weighted by Gasteiger charge is -2.34. The molecule has 18 heavy (non-hydrogen) atoms. The number of carbonyl (C=O) groups is 1. The first kappa shape index (κ1) is 15.4. The zero-order valence-corrected chi connectivity index (χ0v) is 11.9. The Morgan fingerprint density at radius 1 is 1.33 bits per heavy atom. The summed E-state index contributed by atoms with van der Waals surface area (Å²) in [7, 11) is -3.33.